The zero-order valence-corrected chi connectivity index (χ0v) is 13.9. The molecule has 1 saturated heterocycles. The van der Waals surface area contributed by atoms with E-state index in [2.05, 4.69) is 46.3 Å². The van der Waals surface area contributed by atoms with Gasteiger partial charge in [-0.2, -0.15) is 0 Å². The lowest BCUT2D eigenvalue weighted by atomic mass is 9.90. The largest absolute Gasteiger partial charge is 0.481 e. The van der Waals surface area contributed by atoms with Crippen LogP contribution in [-0.4, -0.2) is 30.1 Å². The zero-order valence-electron chi connectivity index (χ0n) is 13.9. The highest BCUT2D eigenvalue weighted by Crippen LogP contribution is 2.25. The van der Waals surface area contributed by atoms with Gasteiger partial charge in [-0.1, -0.05) is 36.4 Å². The van der Waals surface area contributed by atoms with Gasteiger partial charge in [-0.05, 0) is 56.3 Å². The number of methoxy groups -OCH3 is 1. The molecular weight excluding hydrogens is 284 g/mol. The number of benzene rings is 1. The Balaban J connectivity index is 1.45. The molecule has 2 aromatic rings. The summed E-state index contributed by atoms with van der Waals surface area (Å²) < 4.78 is 5.36. The first-order valence-corrected chi connectivity index (χ1v) is 8.59. The van der Waals surface area contributed by atoms with E-state index >= 15 is 0 Å². The van der Waals surface area contributed by atoms with Crippen LogP contribution in [0.4, 0.5) is 0 Å². The fourth-order valence-corrected chi connectivity index (χ4v) is 3.42. The van der Waals surface area contributed by atoms with Crippen LogP contribution in [0.1, 0.15) is 30.4 Å². The van der Waals surface area contributed by atoms with Crippen LogP contribution < -0.4 is 4.74 Å². The first-order chi connectivity index (χ1) is 11.3. The number of hydrogen-bond acceptors (Lipinski definition) is 3. The van der Waals surface area contributed by atoms with E-state index in [-0.39, 0.29) is 0 Å². The van der Waals surface area contributed by atoms with E-state index in [9.17, 15) is 0 Å². The quantitative estimate of drug-likeness (QED) is 0.808. The Morgan fingerprint density at radius 1 is 1.09 bits per heavy atom. The lowest BCUT2D eigenvalue weighted by Crippen LogP contribution is -2.33. The Bertz CT molecular complexity index is 592. The van der Waals surface area contributed by atoms with Crippen LogP contribution in [0.5, 0.6) is 5.88 Å². The summed E-state index contributed by atoms with van der Waals surface area (Å²) in [4.78, 5) is 6.82. The first-order valence-electron chi connectivity index (χ1n) is 8.59. The molecule has 0 amide bonds. The number of likely N-dealkylation sites (tertiary alicyclic amines) is 1. The highest BCUT2D eigenvalue weighted by atomic mass is 16.5. The van der Waals surface area contributed by atoms with Gasteiger partial charge in [-0.15, -0.1) is 0 Å². The zero-order chi connectivity index (χ0) is 15.9. The van der Waals surface area contributed by atoms with E-state index in [1.165, 1.54) is 49.9 Å². The predicted molar refractivity (Wildman–Crippen MR) is 93.6 cm³/mol. The fourth-order valence-electron chi connectivity index (χ4n) is 3.42. The molecule has 0 aliphatic carbocycles. The molecule has 3 heteroatoms. The lowest BCUT2D eigenvalue weighted by molar-refractivity contribution is 0.170. The van der Waals surface area contributed by atoms with Gasteiger partial charge in [0.2, 0.25) is 5.88 Å². The fraction of sp³-hybridized carbons (Fsp3) is 0.450. The maximum Gasteiger partial charge on any atom is 0.217 e. The molecule has 1 fully saturated rings. The number of rotatable bonds is 6. The van der Waals surface area contributed by atoms with Gasteiger partial charge >= 0.3 is 0 Å². The van der Waals surface area contributed by atoms with Crippen LogP contribution in [0.25, 0.3) is 0 Å². The normalized spacial score (nSPS) is 16.4. The summed E-state index contributed by atoms with van der Waals surface area (Å²) >= 11 is 0. The van der Waals surface area contributed by atoms with Crippen LogP contribution in [0, 0.1) is 5.92 Å². The molecule has 0 spiro atoms. The Kier molecular flexibility index (Phi) is 5.65. The van der Waals surface area contributed by atoms with Gasteiger partial charge < -0.3 is 4.74 Å². The van der Waals surface area contributed by atoms with Crippen molar-refractivity contribution in [2.24, 2.45) is 5.92 Å². The topological polar surface area (TPSA) is 25.4 Å². The lowest BCUT2D eigenvalue weighted by Gasteiger charge is -2.32. The molecule has 3 nitrogen and oxygen atoms in total. The second-order valence-electron chi connectivity index (χ2n) is 6.42. The number of aromatic nitrogens is 1. The molecule has 23 heavy (non-hydrogen) atoms. The molecule has 0 bridgehead atoms. The summed E-state index contributed by atoms with van der Waals surface area (Å²) in [5, 5.41) is 0. The van der Waals surface area contributed by atoms with E-state index in [0.29, 0.717) is 0 Å². The Morgan fingerprint density at radius 3 is 2.61 bits per heavy atom. The summed E-state index contributed by atoms with van der Waals surface area (Å²) in [7, 11) is 1.70. The van der Waals surface area contributed by atoms with Gasteiger partial charge in [-0.3, -0.25) is 4.90 Å². The predicted octanol–water partition coefficient (Wildman–Crippen LogP) is 3.94. The molecule has 0 saturated carbocycles. The number of aryl methyl sites for hydroxylation is 1. The van der Waals surface area contributed by atoms with E-state index in [1.54, 1.807) is 13.3 Å². The highest BCUT2D eigenvalue weighted by Gasteiger charge is 2.20. The second-order valence-corrected chi connectivity index (χ2v) is 6.42. The molecule has 3 rings (SSSR count). The summed E-state index contributed by atoms with van der Waals surface area (Å²) in [5.41, 5.74) is 2.66. The first kappa shape index (κ1) is 16.0. The summed E-state index contributed by atoms with van der Waals surface area (Å²) in [6, 6.07) is 15.0. The van der Waals surface area contributed by atoms with Crippen LogP contribution in [0.3, 0.4) is 0 Å². The van der Waals surface area contributed by atoms with Crippen molar-refractivity contribution in [3.05, 3.63) is 59.8 Å². The van der Waals surface area contributed by atoms with E-state index in [4.69, 9.17) is 4.74 Å². The molecule has 122 valence electrons. The van der Waals surface area contributed by atoms with Crippen molar-refractivity contribution in [1.82, 2.24) is 9.88 Å². The second kappa shape index (κ2) is 8.11. The van der Waals surface area contributed by atoms with Crippen LogP contribution in [0.2, 0.25) is 0 Å². The third kappa shape index (κ3) is 4.55. The summed E-state index contributed by atoms with van der Waals surface area (Å²) in [6.45, 7) is 3.30. The molecule has 0 atom stereocenters. The van der Waals surface area contributed by atoms with Gasteiger partial charge in [0, 0.05) is 18.3 Å². The van der Waals surface area contributed by atoms with Crippen molar-refractivity contribution in [2.45, 2.75) is 32.2 Å². The monoisotopic (exact) mass is 310 g/mol. The maximum atomic E-state index is 5.36. The van der Waals surface area contributed by atoms with Crippen LogP contribution in [-0.2, 0) is 13.0 Å². The summed E-state index contributed by atoms with van der Waals surface area (Å²) in [5.74, 6) is 1.63. The Morgan fingerprint density at radius 2 is 1.87 bits per heavy atom. The van der Waals surface area contributed by atoms with Crippen molar-refractivity contribution in [1.29, 1.82) is 0 Å². The summed E-state index contributed by atoms with van der Waals surface area (Å²) in [6.07, 6.45) is 6.92. The minimum Gasteiger partial charge on any atom is -0.481 e. The number of hydrogen-bond donors (Lipinski definition) is 0. The van der Waals surface area contributed by atoms with Crippen molar-refractivity contribution in [3.63, 3.8) is 0 Å². The van der Waals surface area contributed by atoms with Crippen molar-refractivity contribution >= 4 is 0 Å². The van der Waals surface area contributed by atoms with Crippen LogP contribution >= 0.6 is 0 Å². The highest BCUT2D eigenvalue weighted by molar-refractivity contribution is 5.25. The van der Waals surface area contributed by atoms with Crippen LogP contribution in [0.15, 0.2) is 48.7 Å². The molecule has 1 aromatic heterocycles. The minimum absolute atomic E-state index is 0.763. The molecule has 0 unspecified atom stereocenters. The molecule has 1 aliphatic heterocycles. The average Bonchev–Trinajstić information content (AvgIpc) is 2.62. The van der Waals surface area contributed by atoms with Crippen molar-refractivity contribution in [2.75, 3.05) is 20.2 Å². The molecule has 2 heterocycles. The molecule has 1 aliphatic rings. The standard InChI is InChI=1S/C20H26N2O/c1-23-20-19(8-5-13-21-20)16-22-14-11-18(12-15-22)10-9-17-6-3-2-4-7-17/h2-8,13,18H,9-12,14-16H2,1H3. The van der Waals surface area contributed by atoms with Gasteiger partial charge in [0.15, 0.2) is 0 Å². The SMILES string of the molecule is COc1ncccc1CN1CCC(CCc2ccccc2)CC1. The smallest absolute Gasteiger partial charge is 0.217 e. The maximum absolute atomic E-state index is 5.36. The van der Waals surface area contributed by atoms with Gasteiger partial charge in [0.25, 0.3) is 0 Å². The molecule has 0 N–H and O–H groups in total. The minimum atomic E-state index is 0.763. The number of ether oxygens (including phenoxy) is 1. The van der Waals surface area contributed by atoms with Crippen molar-refractivity contribution < 1.29 is 4.74 Å². The Labute approximate surface area is 139 Å². The van der Waals surface area contributed by atoms with E-state index < -0.39 is 0 Å². The van der Waals surface area contributed by atoms with Gasteiger partial charge in [-0.25, -0.2) is 4.98 Å². The van der Waals surface area contributed by atoms with E-state index in [1.807, 2.05) is 6.07 Å². The number of pyridine rings is 1. The van der Waals surface area contributed by atoms with Gasteiger partial charge in [0.05, 0.1) is 7.11 Å². The average molecular weight is 310 g/mol. The molecular formula is C20H26N2O. The third-order valence-electron chi connectivity index (χ3n) is 4.83. The third-order valence-corrected chi connectivity index (χ3v) is 4.83. The number of piperidine rings is 1. The van der Waals surface area contributed by atoms with Crippen molar-refractivity contribution in [3.8, 4) is 5.88 Å². The molecule has 1 aromatic carbocycles. The molecule has 0 radical (unpaired) electrons. The Hall–Kier alpha value is -1.87. The van der Waals surface area contributed by atoms with Gasteiger partial charge in [0.1, 0.15) is 0 Å². The number of nitrogens with zero attached hydrogens (tertiary/aromatic N) is 2. The van der Waals surface area contributed by atoms with E-state index in [0.717, 1.165) is 18.3 Å².